The van der Waals surface area contributed by atoms with E-state index in [9.17, 15) is 9.59 Å². The molecule has 1 N–H and O–H groups in total. The Hall–Kier alpha value is -1.36. The molecule has 0 aliphatic heterocycles. The first-order chi connectivity index (χ1) is 6.65. The van der Waals surface area contributed by atoms with Crippen molar-refractivity contribution in [2.24, 2.45) is 0 Å². The highest BCUT2D eigenvalue weighted by Crippen LogP contribution is 2.19. The van der Waals surface area contributed by atoms with Gasteiger partial charge in [0.15, 0.2) is 6.04 Å². The molecule has 0 aliphatic rings. The molecule has 0 spiro atoms. The quantitative estimate of drug-likeness (QED) is 0.765. The van der Waals surface area contributed by atoms with Gasteiger partial charge in [-0.3, -0.25) is 4.79 Å². The molecule has 0 aliphatic carbocycles. The molecule has 5 heteroatoms. The number of nitrogens with one attached hydrogen (secondary N) is 1. The van der Waals surface area contributed by atoms with Crippen molar-refractivity contribution in [3.63, 3.8) is 0 Å². The number of carbonyl (C=O) groups excluding carboxylic acids is 2. The van der Waals surface area contributed by atoms with Gasteiger partial charge in [0, 0.05) is 11.8 Å². The third-order valence-electron chi connectivity index (χ3n) is 1.61. The highest BCUT2D eigenvalue weighted by Gasteiger charge is 2.22. The smallest absolute Gasteiger partial charge is 0.333 e. The maximum absolute atomic E-state index is 11.3. The number of ether oxygens (including phenoxy) is 1. The molecular weight excluding hydrogens is 202 g/mol. The molecule has 1 atom stereocenters. The van der Waals surface area contributed by atoms with Crippen LogP contribution in [0.15, 0.2) is 17.5 Å². The molecule has 0 saturated heterocycles. The van der Waals surface area contributed by atoms with Crippen LogP contribution in [0.25, 0.3) is 0 Å². The second kappa shape index (κ2) is 4.76. The zero-order valence-electron chi connectivity index (χ0n) is 7.94. The van der Waals surface area contributed by atoms with Gasteiger partial charge in [0.25, 0.3) is 0 Å². The van der Waals surface area contributed by atoms with Crippen molar-refractivity contribution in [3.05, 3.63) is 22.4 Å². The molecule has 76 valence electrons. The normalized spacial score (nSPS) is 11.9. The number of thiophene rings is 1. The highest BCUT2D eigenvalue weighted by atomic mass is 32.1. The van der Waals surface area contributed by atoms with E-state index in [1.54, 1.807) is 6.07 Å². The number of carbonyl (C=O) groups is 2. The average molecular weight is 213 g/mol. The summed E-state index contributed by atoms with van der Waals surface area (Å²) in [4.78, 5) is 22.9. The molecule has 0 saturated carbocycles. The molecule has 1 heterocycles. The molecule has 1 aromatic rings. The van der Waals surface area contributed by atoms with Crippen LogP contribution in [-0.2, 0) is 14.3 Å². The zero-order chi connectivity index (χ0) is 10.6. The molecule has 0 bridgehead atoms. The first kappa shape index (κ1) is 10.7. The van der Waals surface area contributed by atoms with Gasteiger partial charge in [-0.2, -0.15) is 0 Å². The fourth-order valence-electron chi connectivity index (χ4n) is 1.02. The van der Waals surface area contributed by atoms with Gasteiger partial charge in [0.2, 0.25) is 5.91 Å². The van der Waals surface area contributed by atoms with E-state index in [1.807, 2.05) is 11.4 Å². The molecule has 1 rings (SSSR count). The van der Waals surface area contributed by atoms with Gasteiger partial charge in [0.1, 0.15) is 0 Å². The maximum Gasteiger partial charge on any atom is 0.333 e. The number of amides is 1. The van der Waals surface area contributed by atoms with Gasteiger partial charge in [-0.1, -0.05) is 6.07 Å². The minimum Gasteiger partial charge on any atom is -0.467 e. The molecule has 0 radical (unpaired) electrons. The summed E-state index contributed by atoms with van der Waals surface area (Å²) >= 11 is 1.40. The molecule has 0 unspecified atom stereocenters. The Morgan fingerprint density at radius 2 is 2.29 bits per heavy atom. The molecule has 14 heavy (non-hydrogen) atoms. The van der Waals surface area contributed by atoms with E-state index in [1.165, 1.54) is 25.4 Å². The molecule has 1 amide bonds. The van der Waals surface area contributed by atoms with E-state index in [-0.39, 0.29) is 5.91 Å². The van der Waals surface area contributed by atoms with Crippen molar-refractivity contribution in [2.75, 3.05) is 7.11 Å². The summed E-state index contributed by atoms with van der Waals surface area (Å²) in [6, 6.07) is 2.91. The molecule has 0 fully saturated rings. The van der Waals surface area contributed by atoms with Crippen molar-refractivity contribution in [3.8, 4) is 0 Å². The average Bonchev–Trinajstić information content (AvgIpc) is 2.65. The van der Waals surface area contributed by atoms with Crippen molar-refractivity contribution < 1.29 is 14.3 Å². The molecular formula is C9H11NO3S. The van der Waals surface area contributed by atoms with Crippen LogP contribution in [0.2, 0.25) is 0 Å². The Morgan fingerprint density at radius 1 is 1.57 bits per heavy atom. The third-order valence-corrected chi connectivity index (χ3v) is 2.55. The van der Waals surface area contributed by atoms with E-state index in [0.717, 1.165) is 4.88 Å². The number of hydrogen-bond acceptors (Lipinski definition) is 4. The standard InChI is InChI=1S/C9H11NO3S/c1-6(11)10-8(9(12)13-2)7-4-3-5-14-7/h3-5,8H,1-2H3,(H,10,11)/t8-/m1/s1. The summed E-state index contributed by atoms with van der Waals surface area (Å²) in [5, 5.41) is 4.37. The van der Waals surface area contributed by atoms with Crippen LogP contribution in [-0.4, -0.2) is 19.0 Å². The molecule has 1 aromatic heterocycles. The van der Waals surface area contributed by atoms with Crippen LogP contribution >= 0.6 is 11.3 Å². The number of esters is 1. The van der Waals surface area contributed by atoms with Gasteiger partial charge in [-0.15, -0.1) is 11.3 Å². The fraction of sp³-hybridized carbons (Fsp3) is 0.333. The minimum absolute atomic E-state index is 0.256. The lowest BCUT2D eigenvalue weighted by molar-refractivity contribution is -0.145. The van der Waals surface area contributed by atoms with Gasteiger partial charge < -0.3 is 10.1 Å². The van der Waals surface area contributed by atoms with E-state index in [2.05, 4.69) is 10.1 Å². The first-order valence-corrected chi connectivity index (χ1v) is 4.91. The van der Waals surface area contributed by atoms with Crippen LogP contribution in [0.5, 0.6) is 0 Å². The summed E-state index contributed by atoms with van der Waals surface area (Å²) in [7, 11) is 1.30. The zero-order valence-corrected chi connectivity index (χ0v) is 8.76. The second-order valence-corrected chi connectivity index (χ2v) is 3.65. The lowest BCUT2D eigenvalue weighted by atomic mass is 10.2. The predicted octanol–water partition coefficient (Wildman–Crippen LogP) is 1.10. The maximum atomic E-state index is 11.3. The Kier molecular flexibility index (Phi) is 3.64. The molecule has 0 aromatic carbocycles. The predicted molar refractivity (Wildman–Crippen MR) is 52.9 cm³/mol. The van der Waals surface area contributed by atoms with E-state index >= 15 is 0 Å². The lowest BCUT2D eigenvalue weighted by Crippen LogP contribution is -2.32. The Balaban J connectivity index is 2.82. The second-order valence-electron chi connectivity index (χ2n) is 2.67. The Morgan fingerprint density at radius 3 is 2.71 bits per heavy atom. The van der Waals surface area contributed by atoms with Crippen molar-refractivity contribution >= 4 is 23.2 Å². The largest absolute Gasteiger partial charge is 0.467 e. The van der Waals surface area contributed by atoms with E-state index in [0.29, 0.717) is 0 Å². The summed E-state index contributed by atoms with van der Waals surface area (Å²) in [6.45, 7) is 1.36. The summed E-state index contributed by atoms with van der Waals surface area (Å²) in [6.07, 6.45) is 0. The number of rotatable bonds is 3. The fourth-order valence-corrected chi connectivity index (χ4v) is 1.79. The molecule has 4 nitrogen and oxygen atoms in total. The van der Waals surface area contributed by atoms with E-state index < -0.39 is 12.0 Å². The van der Waals surface area contributed by atoms with Crippen LogP contribution < -0.4 is 5.32 Å². The van der Waals surface area contributed by atoms with Crippen LogP contribution in [0, 0.1) is 0 Å². The number of hydrogen-bond donors (Lipinski definition) is 1. The van der Waals surface area contributed by atoms with E-state index in [4.69, 9.17) is 0 Å². The van der Waals surface area contributed by atoms with Crippen LogP contribution in [0.4, 0.5) is 0 Å². The first-order valence-electron chi connectivity index (χ1n) is 4.03. The van der Waals surface area contributed by atoms with Gasteiger partial charge in [0.05, 0.1) is 7.11 Å². The third kappa shape index (κ3) is 2.56. The topological polar surface area (TPSA) is 55.4 Å². The van der Waals surface area contributed by atoms with Crippen molar-refractivity contribution in [1.82, 2.24) is 5.32 Å². The number of methoxy groups -OCH3 is 1. The summed E-state index contributed by atoms with van der Waals surface area (Å²) in [5.74, 6) is -0.712. The monoisotopic (exact) mass is 213 g/mol. The Labute approximate surface area is 85.9 Å². The summed E-state index contributed by atoms with van der Waals surface area (Å²) in [5.41, 5.74) is 0. The van der Waals surface area contributed by atoms with Crippen LogP contribution in [0.1, 0.15) is 17.8 Å². The van der Waals surface area contributed by atoms with Gasteiger partial charge in [-0.05, 0) is 11.4 Å². The highest BCUT2D eigenvalue weighted by molar-refractivity contribution is 7.10. The SMILES string of the molecule is COC(=O)[C@H](NC(C)=O)c1cccs1. The van der Waals surface area contributed by atoms with Crippen LogP contribution in [0.3, 0.4) is 0 Å². The van der Waals surface area contributed by atoms with Gasteiger partial charge >= 0.3 is 5.97 Å². The Bertz CT molecular complexity index is 321. The van der Waals surface area contributed by atoms with Crippen molar-refractivity contribution in [2.45, 2.75) is 13.0 Å². The van der Waals surface area contributed by atoms with Gasteiger partial charge in [-0.25, -0.2) is 4.79 Å². The lowest BCUT2D eigenvalue weighted by Gasteiger charge is -2.13. The minimum atomic E-state index is -0.683. The van der Waals surface area contributed by atoms with Crippen molar-refractivity contribution in [1.29, 1.82) is 0 Å². The summed E-state index contributed by atoms with van der Waals surface area (Å²) < 4.78 is 4.59.